The van der Waals surface area contributed by atoms with Crippen molar-refractivity contribution in [3.63, 3.8) is 0 Å². The van der Waals surface area contributed by atoms with Crippen LogP contribution in [0.15, 0.2) is 47.4 Å². The minimum atomic E-state index is -3.52. The number of rotatable bonds is 7. The summed E-state index contributed by atoms with van der Waals surface area (Å²) in [6.45, 7) is 7.64. The number of likely N-dealkylation sites (tertiary alicyclic amines) is 1. The Bertz CT molecular complexity index is 852. The zero-order valence-corrected chi connectivity index (χ0v) is 17.6. The highest BCUT2D eigenvalue weighted by Crippen LogP contribution is 2.27. The van der Waals surface area contributed by atoms with Gasteiger partial charge in [-0.2, -0.15) is 4.31 Å². The summed E-state index contributed by atoms with van der Waals surface area (Å²) < 4.78 is 28.3. The van der Waals surface area contributed by atoms with E-state index in [-0.39, 0.29) is 6.04 Å². The van der Waals surface area contributed by atoms with Gasteiger partial charge >= 0.3 is 0 Å². The summed E-state index contributed by atoms with van der Waals surface area (Å²) in [5.74, 6) is 0.817. The first-order valence-corrected chi connectivity index (χ1v) is 11.6. The minimum absolute atomic E-state index is 0.0216. The van der Waals surface area contributed by atoms with Crippen LogP contribution in [0, 0.1) is 5.92 Å². The van der Waals surface area contributed by atoms with E-state index in [1.54, 1.807) is 17.4 Å². The van der Waals surface area contributed by atoms with Crippen molar-refractivity contribution in [2.45, 2.75) is 50.5 Å². The molecule has 1 aliphatic rings. The highest BCUT2D eigenvalue weighted by Gasteiger charge is 2.29. The Morgan fingerprint density at radius 2 is 1.78 bits per heavy atom. The number of fused-ring (bicyclic) bond motifs is 1. The van der Waals surface area contributed by atoms with Crippen LogP contribution in [0.25, 0.3) is 10.8 Å². The minimum Gasteiger partial charge on any atom is -0.303 e. The van der Waals surface area contributed by atoms with Gasteiger partial charge in [-0.25, -0.2) is 8.42 Å². The molecule has 1 saturated heterocycles. The van der Waals surface area contributed by atoms with Crippen LogP contribution in [0.3, 0.4) is 0 Å². The van der Waals surface area contributed by atoms with E-state index >= 15 is 0 Å². The molecular formula is C22H32N2O2S. The molecule has 1 fully saturated rings. The summed E-state index contributed by atoms with van der Waals surface area (Å²) >= 11 is 0. The maximum Gasteiger partial charge on any atom is 0.243 e. The van der Waals surface area contributed by atoms with Crippen molar-refractivity contribution in [3.05, 3.63) is 42.5 Å². The van der Waals surface area contributed by atoms with Gasteiger partial charge in [0.05, 0.1) is 4.90 Å². The Balaban J connectivity index is 1.76. The van der Waals surface area contributed by atoms with E-state index in [9.17, 15) is 8.42 Å². The first-order valence-electron chi connectivity index (χ1n) is 10.1. The van der Waals surface area contributed by atoms with Gasteiger partial charge in [-0.1, -0.05) is 50.2 Å². The molecule has 0 amide bonds. The quantitative estimate of drug-likeness (QED) is 0.707. The summed E-state index contributed by atoms with van der Waals surface area (Å²) in [5.41, 5.74) is 0. The molecule has 0 aromatic heterocycles. The van der Waals surface area contributed by atoms with Crippen LogP contribution < -0.4 is 0 Å². The third-order valence-electron chi connectivity index (χ3n) is 6.05. The van der Waals surface area contributed by atoms with Crippen LogP contribution in [0.5, 0.6) is 0 Å². The topological polar surface area (TPSA) is 40.6 Å². The van der Waals surface area contributed by atoms with Gasteiger partial charge in [0.1, 0.15) is 0 Å². The smallest absolute Gasteiger partial charge is 0.243 e. The Kier molecular flexibility index (Phi) is 6.56. The van der Waals surface area contributed by atoms with Crippen molar-refractivity contribution in [3.8, 4) is 0 Å². The van der Waals surface area contributed by atoms with Crippen LogP contribution in [0.2, 0.25) is 0 Å². The largest absolute Gasteiger partial charge is 0.303 e. The molecule has 5 heteroatoms. The fourth-order valence-electron chi connectivity index (χ4n) is 4.03. The summed E-state index contributed by atoms with van der Waals surface area (Å²) in [5, 5.41) is 1.76. The van der Waals surface area contributed by atoms with E-state index in [1.807, 2.05) is 36.4 Å². The SMILES string of the molecule is CCC(CCN1CCC(C)CC1)N(C)S(=O)(=O)c1cccc2ccccc12. The maximum absolute atomic E-state index is 13.4. The zero-order valence-electron chi connectivity index (χ0n) is 16.8. The van der Waals surface area contributed by atoms with Crippen LogP contribution in [-0.4, -0.2) is 50.3 Å². The van der Waals surface area contributed by atoms with E-state index < -0.39 is 10.0 Å². The molecule has 1 heterocycles. The number of sulfonamides is 1. The van der Waals surface area contributed by atoms with Crippen molar-refractivity contribution >= 4 is 20.8 Å². The second-order valence-corrected chi connectivity index (χ2v) is 9.84. The molecule has 1 unspecified atom stereocenters. The molecule has 0 N–H and O–H groups in total. The maximum atomic E-state index is 13.4. The van der Waals surface area contributed by atoms with Crippen molar-refractivity contribution in [1.29, 1.82) is 0 Å². The first kappa shape index (κ1) is 20.3. The molecule has 0 spiro atoms. The number of hydrogen-bond donors (Lipinski definition) is 0. The van der Waals surface area contributed by atoms with Gasteiger partial charge in [-0.3, -0.25) is 0 Å². The van der Waals surface area contributed by atoms with Gasteiger partial charge in [0.25, 0.3) is 0 Å². The van der Waals surface area contributed by atoms with Gasteiger partial charge in [0.15, 0.2) is 0 Å². The van der Waals surface area contributed by atoms with Gasteiger partial charge in [-0.15, -0.1) is 0 Å². The van der Waals surface area contributed by atoms with Crippen molar-refractivity contribution in [1.82, 2.24) is 9.21 Å². The Labute approximate surface area is 164 Å². The molecule has 0 saturated carbocycles. The molecule has 3 rings (SSSR count). The van der Waals surface area contributed by atoms with E-state index in [0.29, 0.717) is 4.90 Å². The summed E-state index contributed by atoms with van der Waals surface area (Å²) in [6, 6.07) is 13.2. The molecular weight excluding hydrogens is 356 g/mol. The normalized spacial score (nSPS) is 18.2. The van der Waals surface area contributed by atoms with E-state index in [1.165, 1.54) is 12.8 Å². The van der Waals surface area contributed by atoms with Crippen molar-refractivity contribution in [2.24, 2.45) is 5.92 Å². The lowest BCUT2D eigenvalue weighted by atomic mass is 9.99. The molecule has 4 nitrogen and oxygen atoms in total. The lowest BCUT2D eigenvalue weighted by Gasteiger charge is -2.33. The van der Waals surface area contributed by atoms with Crippen LogP contribution in [0.4, 0.5) is 0 Å². The molecule has 0 bridgehead atoms. The lowest BCUT2D eigenvalue weighted by Crippen LogP contribution is -2.41. The second-order valence-electron chi connectivity index (χ2n) is 7.87. The van der Waals surface area contributed by atoms with Crippen molar-refractivity contribution < 1.29 is 8.42 Å². The Morgan fingerprint density at radius 1 is 1.11 bits per heavy atom. The summed E-state index contributed by atoms with van der Waals surface area (Å²) in [7, 11) is -1.78. The third-order valence-corrected chi connectivity index (χ3v) is 8.02. The van der Waals surface area contributed by atoms with E-state index in [4.69, 9.17) is 0 Å². The molecule has 0 radical (unpaired) electrons. The van der Waals surface area contributed by atoms with Gasteiger partial charge in [0, 0.05) is 18.5 Å². The Morgan fingerprint density at radius 3 is 2.48 bits per heavy atom. The van der Waals surface area contributed by atoms with E-state index in [0.717, 1.165) is 49.2 Å². The van der Waals surface area contributed by atoms with Crippen LogP contribution >= 0.6 is 0 Å². The standard InChI is InChI=1S/C22H32N2O2S/c1-4-20(14-17-24-15-12-18(2)13-16-24)23(3)27(25,26)22-11-7-9-19-8-5-6-10-21(19)22/h5-11,18,20H,4,12-17H2,1-3H3. The second kappa shape index (κ2) is 8.72. The predicted molar refractivity (Wildman–Crippen MR) is 112 cm³/mol. The van der Waals surface area contributed by atoms with Crippen LogP contribution in [-0.2, 0) is 10.0 Å². The van der Waals surface area contributed by atoms with Crippen LogP contribution in [0.1, 0.15) is 39.5 Å². The number of nitrogens with zero attached hydrogens (tertiary/aromatic N) is 2. The fourth-order valence-corrected chi connectivity index (χ4v) is 5.70. The molecule has 27 heavy (non-hydrogen) atoms. The lowest BCUT2D eigenvalue weighted by molar-refractivity contribution is 0.176. The van der Waals surface area contributed by atoms with Crippen molar-refractivity contribution in [2.75, 3.05) is 26.7 Å². The Hall–Kier alpha value is -1.43. The number of piperidine rings is 1. The average Bonchev–Trinajstić information content (AvgIpc) is 2.69. The highest BCUT2D eigenvalue weighted by atomic mass is 32.2. The first-order chi connectivity index (χ1) is 12.9. The monoisotopic (exact) mass is 388 g/mol. The van der Waals surface area contributed by atoms with Gasteiger partial charge in [-0.05, 0) is 62.7 Å². The van der Waals surface area contributed by atoms with Gasteiger partial charge < -0.3 is 4.90 Å². The van der Waals surface area contributed by atoms with E-state index in [2.05, 4.69) is 18.7 Å². The third kappa shape index (κ3) is 4.53. The molecule has 148 valence electrons. The zero-order chi connectivity index (χ0) is 19.4. The molecule has 1 aliphatic heterocycles. The molecule has 1 atom stereocenters. The predicted octanol–water partition coefficient (Wildman–Crippen LogP) is 4.36. The fraction of sp³-hybridized carbons (Fsp3) is 0.545. The molecule has 2 aromatic rings. The van der Waals surface area contributed by atoms with Gasteiger partial charge in [0.2, 0.25) is 10.0 Å². The average molecular weight is 389 g/mol. The molecule has 2 aromatic carbocycles. The number of benzene rings is 2. The highest BCUT2D eigenvalue weighted by molar-refractivity contribution is 7.89. The molecule has 0 aliphatic carbocycles. The summed E-state index contributed by atoms with van der Waals surface area (Å²) in [4.78, 5) is 2.90. The summed E-state index contributed by atoms with van der Waals surface area (Å²) in [6.07, 6.45) is 4.21. The number of hydrogen-bond acceptors (Lipinski definition) is 3.